The van der Waals surface area contributed by atoms with Crippen LogP contribution < -0.4 is 0 Å². The van der Waals surface area contributed by atoms with Gasteiger partial charge >= 0.3 is 0 Å². The lowest BCUT2D eigenvalue weighted by atomic mass is 10.2. The van der Waals surface area contributed by atoms with Crippen molar-refractivity contribution in [1.82, 2.24) is 4.90 Å². The molecule has 0 aliphatic heterocycles. The molecule has 0 amide bonds. The fourth-order valence-corrected chi connectivity index (χ4v) is 1.67. The molecule has 1 unspecified atom stereocenters. The molecule has 0 spiro atoms. The zero-order chi connectivity index (χ0) is 11.5. The van der Waals surface area contributed by atoms with Gasteiger partial charge < -0.3 is 4.42 Å². The summed E-state index contributed by atoms with van der Waals surface area (Å²) < 4.78 is 5.75. The summed E-state index contributed by atoms with van der Waals surface area (Å²) >= 11 is 0. The molecule has 0 bridgehead atoms. The molecule has 1 atom stereocenters. The smallest absolute Gasteiger partial charge is 0.134 e. The molecule has 0 saturated carbocycles. The highest BCUT2D eigenvalue weighted by Crippen LogP contribution is 2.26. The lowest BCUT2D eigenvalue weighted by molar-refractivity contribution is 0.260. The standard InChI is InChI=1S/C13H14N2O/c1-10(15(2)8-7-14)13-9-11-5-3-4-6-12(11)16-13/h3-6,9-10H,8H2,1-2H3. The minimum absolute atomic E-state index is 0.118. The third-order valence-electron chi connectivity index (χ3n) is 2.84. The first-order valence-corrected chi connectivity index (χ1v) is 5.28. The molecule has 0 saturated heterocycles. The fraction of sp³-hybridized carbons (Fsp3) is 0.308. The maximum Gasteiger partial charge on any atom is 0.134 e. The Hall–Kier alpha value is -1.79. The molecule has 16 heavy (non-hydrogen) atoms. The van der Waals surface area contributed by atoms with E-state index in [-0.39, 0.29) is 6.04 Å². The first-order valence-electron chi connectivity index (χ1n) is 5.28. The van der Waals surface area contributed by atoms with Crippen molar-refractivity contribution in [3.8, 4) is 6.07 Å². The summed E-state index contributed by atoms with van der Waals surface area (Å²) in [6, 6.07) is 12.2. The maximum absolute atomic E-state index is 8.65. The van der Waals surface area contributed by atoms with Crippen LogP contribution in [0.5, 0.6) is 0 Å². The van der Waals surface area contributed by atoms with E-state index in [4.69, 9.17) is 9.68 Å². The second-order valence-corrected chi connectivity index (χ2v) is 3.94. The van der Waals surface area contributed by atoms with Crippen LogP contribution >= 0.6 is 0 Å². The topological polar surface area (TPSA) is 40.2 Å². The van der Waals surface area contributed by atoms with Gasteiger partial charge in [0.25, 0.3) is 0 Å². The molecule has 3 nitrogen and oxygen atoms in total. The summed E-state index contributed by atoms with van der Waals surface area (Å²) in [5.41, 5.74) is 0.898. The number of hydrogen-bond acceptors (Lipinski definition) is 3. The van der Waals surface area contributed by atoms with Crippen LogP contribution in [0.4, 0.5) is 0 Å². The van der Waals surface area contributed by atoms with Gasteiger partial charge in [-0.05, 0) is 26.1 Å². The highest BCUT2D eigenvalue weighted by Gasteiger charge is 2.15. The fourth-order valence-electron chi connectivity index (χ4n) is 1.67. The zero-order valence-electron chi connectivity index (χ0n) is 9.47. The number of benzene rings is 1. The predicted molar refractivity (Wildman–Crippen MR) is 62.9 cm³/mol. The Labute approximate surface area is 94.9 Å². The van der Waals surface area contributed by atoms with Crippen molar-refractivity contribution in [2.24, 2.45) is 0 Å². The SMILES string of the molecule is CC(c1cc2ccccc2o1)N(C)CC#N. The monoisotopic (exact) mass is 214 g/mol. The molecule has 0 aliphatic rings. The predicted octanol–water partition coefficient (Wildman–Crippen LogP) is 2.95. The summed E-state index contributed by atoms with van der Waals surface area (Å²) in [4.78, 5) is 1.96. The Balaban J connectivity index is 2.30. The third kappa shape index (κ3) is 1.93. The average molecular weight is 214 g/mol. The lowest BCUT2D eigenvalue weighted by Crippen LogP contribution is -2.22. The van der Waals surface area contributed by atoms with E-state index in [0.29, 0.717) is 6.54 Å². The molecule has 0 aliphatic carbocycles. The molecule has 3 heteroatoms. The molecule has 2 rings (SSSR count). The highest BCUT2D eigenvalue weighted by molar-refractivity contribution is 5.77. The number of nitrogens with zero attached hydrogens (tertiary/aromatic N) is 2. The summed E-state index contributed by atoms with van der Waals surface area (Å²) in [5.74, 6) is 0.902. The van der Waals surface area contributed by atoms with Crippen LogP contribution in [0.15, 0.2) is 34.7 Å². The van der Waals surface area contributed by atoms with Crippen molar-refractivity contribution in [2.45, 2.75) is 13.0 Å². The van der Waals surface area contributed by atoms with E-state index in [1.54, 1.807) is 0 Å². The van der Waals surface area contributed by atoms with Crippen LogP contribution in [-0.2, 0) is 0 Å². The minimum atomic E-state index is 0.118. The minimum Gasteiger partial charge on any atom is -0.459 e. The molecular formula is C13H14N2O. The Morgan fingerprint density at radius 2 is 2.19 bits per heavy atom. The number of rotatable bonds is 3. The van der Waals surface area contributed by atoms with Gasteiger partial charge in [-0.3, -0.25) is 4.90 Å². The molecule has 82 valence electrons. The summed E-state index contributed by atoms with van der Waals surface area (Å²) in [5, 5.41) is 9.76. The van der Waals surface area contributed by atoms with Crippen molar-refractivity contribution in [2.75, 3.05) is 13.6 Å². The second-order valence-electron chi connectivity index (χ2n) is 3.94. The van der Waals surface area contributed by atoms with E-state index < -0.39 is 0 Å². The number of hydrogen-bond donors (Lipinski definition) is 0. The van der Waals surface area contributed by atoms with Gasteiger partial charge in [-0.2, -0.15) is 5.26 Å². The number of furan rings is 1. The van der Waals surface area contributed by atoms with Crippen LogP contribution in [0.1, 0.15) is 18.7 Å². The van der Waals surface area contributed by atoms with Crippen LogP contribution in [0.2, 0.25) is 0 Å². The van der Waals surface area contributed by atoms with E-state index in [1.807, 2.05) is 49.2 Å². The van der Waals surface area contributed by atoms with E-state index in [0.717, 1.165) is 16.7 Å². The molecule has 1 aromatic carbocycles. The normalized spacial score (nSPS) is 12.9. The summed E-state index contributed by atoms with van der Waals surface area (Å²) in [7, 11) is 1.92. The number of nitriles is 1. The zero-order valence-corrected chi connectivity index (χ0v) is 9.47. The van der Waals surface area contributed by atoms with Gasteiger partial charge in [-0.15, -0.1) is 0 Å². The Kier molecular flexibility index (Phi) is 2.93. The molecule has 1 aromatic heterocycles. The first kappa shape index (κ1) is 10.7. The van der Waals surface area contributed by atoms with Crippen LogP contribution in [-0.4, -0.2) is 18.5 Å². The van der Waals surface area contributed by atoms with Crippen LogP contribution in [0.25, 0.3) is 11.0 Å². The van der Waals surface area contributed by atoms with Gasteiger partial charge in [0.05, 0.1) is 18.7 Å². The van der Waals surface area contributed by atoms with E-state index in [1.165, 1.54) is 0 Å². The van der Waals surface area contributed by atoms with E-state index >= 15 is 0 Å². The van der Waals surface area contributed by atoms with Gasteiger partial charge in [0.1, 0.15) is 11.3 Å². The highest BCUT2D eigenvalue weighted by atomic mass is 16.3. The maximum atomic E-state index is 8.65. The van der Waals surface area contributed by atoms with Crippen molar-refractivity contribution in [3.63, 3.8) is 0 Å². The first-order chi connectivity index (χ1) is 7.72. The summed E-state index contributed by atoms with van der Waals surface area (Å²) in [6.45, 7) is 2.44. The van der Waals surface area contributed by atoms with Gasteiger partial charge in [0.2, 0.25) is 0 Å². The Morgan fingerprint density at radius 3 is 2.88 bits per heavy atom. The largest absolute Gasteiger partial charge is 0.459 e. The Morgan fingerprint density at radius 1 is 1.44 bits per heavy atom. The van der Waals surface area contributed by atoms with Gasteiger partial charge in [0.15, 0.2) is 0 Å². The van der Waals surface area contributed by atoms with Gasteiger partial charge in [-0.25, -0.2) is 0 Å². The lowest BCUT2D eigenvalue weighted by Gasteiger charge is -2.19. The van der Waals surface area contributed by atoms with Gasteiger partial charge in [-0.1, -0.05) is 18.2 Å². The van der Waals surface area contributed by atoms with Crippen LogP contribution in [0, 0.1) is 11.3 Å². The summed E-state index contributed by atoms with van der Waals surface area (Å²) in [6.07, 6.45) is 0. The quantitative estimate of drug-likeness (QED) is 0.737. The Bertz CT molecular complexity index is 491. The molecular weight excluding hydrogens is 200 g/mol. The van der Waals surface area contributed by atoms with Crippen molar-refractivity contribution >= 4 is 11.0 Å². The molecule has 2 aromatic rings. The van der Waals surface area contributed by atoms with Crippen molar-refractivity contribution < 1.29 is 4.42 Å². The van der Waals surface area contributed by atoms with Crippen LogP contribution in [0.3, 0.4) is 0 Å². The van der Waals surface area contributed by atoms with E-state index in [2.05, 4.69) is 6.07 Å². The van der Waals surface area contributed by atoms with Crippen molar-refractivity contribution in [1.29, 1.82) is 5.26 Å². The second kappa shape index (κ2) is 4.38. The molecule has 1 heterocycles. The molecule has 0 radical (unpaired) electrons. The van der Waals surface area contributed by atoms with Crippen molar-refractivity contribution in [3.05, 3.63) is 36.1 Å². The molecule has 0 N–H and O–H groups in total. The van der Waals surface area contributed by atoms with Gasteiger partial charge in [0, 0.05) is 5.39 Å². The average Bonchev–Trinajstić information content (AvgIpc) is 2.71. The van der Waals surface area contributed by atoms with E-state index in [9.17, 15) is 0 Å². The number of fused-ring (bicyclic) bond motifs is 1. The number of para-hydroxylation sites is 1. The molecule has 0 fully saturated rings. The third-order valence-corrected chi connectivity index (χ3v) is 2.84.